The van der Waals surface area contributed by atoms with Crippen molar-refractivity contribution in [3.63, 3.8) is 0 Å². The van der Waals surface area contributed by atoms with Gasteiger partial charge in [-0.2, -0.15) is 0 Å². The van der Waals surface area contributed by atoms with Crippen LogP contribution < -0.4 is 5.32 Å². The van der Waals surface area contributed by atoms with Crippen molar-refractivity contribution in [2.75, 3.05) is 40.1 Å². The summed E-state index contributed by atoms with van der Waals surface area (Å²) in [7, 11) is 1.46. The molecule has 0 rings (SSSR count). The van der Waals surface area contributed by atoms with Crippen molar-refractivity contribution in [2.24, 2.45) is 10.8 Å². The third-order valence-corrected chi connectivity index (χ3v) is 3.69. The number of carbonyl (C=O) groups is 2. The average molecular weight is 303 g/mol. The van der Waals surface area contributed by atoms with Crippen LogP contribution in [0.15, 0.2) is 0 Å². The van der Waals surface area contributed by atoms with Crippen LogP contribution in [-0.4, -0.2) is 52.0 Å². The highest BCUT2D eigenvalue weighted by molar-refractivity contribution is 5.77. The Labute approximate surface area is 127 Å². The van der Waals surface area contributed by atoms with E-state index in [1.807, 2.05) is 34.6 Å². The lowest BCUT2D eigenvalue weighted by atomic mass is 9.69. The fourth-order valence-electron chi connectivity index (χ4n) is 1.23. The summed E-state index contributed by atoms with van der Waals surface area (Å²) < 4.78 is 15.2. The molecule has 1 N–H and O–H groups in total. The lowest BCUT2D eigenvalue weighted by Gasteiger charge is -2.36. The maximum atomic E-state index is 12.0. The largest absolute Gasteiger partial charge is 0.463 e. The second kappa shape index (κ2) is 9.00. The molecule has 0 saturated heterocycles. The normalized spacial score (nSPS) is 12.1. The highest BCUT2D eigenvalue weighted by Crippen LogP contribution is 2.38. The Bertz CT molecular complexity index is 333. The summed E-state index contributed by atoms with van der Waals surface area (Å²) in [4.78, 5) is 23.1. The van der Waals surface area contributed by atoms with E-state index in [-0.39, 0.29) is 30.5 Å². The van der Waals surface area contributed by atoms with Crippen LogP contribution in [0.1, 0.15) is 34.6 Å². The Balaban J connectivity index is 3.73. The predicted octanol–water partition coefficient (Wildman–Crippen LogP) is 1.38. The predicted molar refractivity (Wildman–Crippen MR) is 79.9 cm³/mol. The van der Waals surface area contributed by atoms with Gasteiger partial charge in [0.2, 0.25) is 5.91 Å². The van der Waals surface area contributed by atoms with Crippen molar-refractivity contribution in [3.05, 3.63) is 0 Å². The zero-order chi connectivity index (χ0) is 16.5. The molecule has 0 saturated carbocycles. The van der Waals surface area contributed by atoms with Gasteiger partial charge in [0, 0.05) is 13.7 Å². The van der Waals surface area contributed by atoms with Gasteiger partial charge in [0.25, 0.3) is 0 Å². The fourth-order valence-corrected chi connectivity index (χ4v) is 1.23. The molecule has 0 aliphatic heterocycles. The molecule has 0 aromatic carbocycles. The third-order valence-electron chi connectivity index (χ3n) is 3.69. The van der Waals surface area contributed by atoms with Crippen molar-refractivity contribution in [2.45, 2.75) is 34.6 Å². The molecule has 1 amide bonds. The topological polar surface area (TPSA) is 73.9 Å². The highest BCUT2D eigenvalue weighted by Gasteiger charge is 2.41. The van der Waals surface area contributed by atoms with E-state index in [0.29, 0.717) is 19.8 Å². The summed E-state index contributed by atoms with van der Waals surface area (Å²) in [6, 6.07) is 0. The van der Waals surface area contributed by atoms with Crippen molar-refractivity contribution in [1.29, 1.82) is 0 Å². The highest BCUT2D eigenvalue weighted by atomic mass is 16.6. The minimum Gasteiger partial charge on any atom is -0.463 e. The maximum Gasteiger partial charge on any atom is 0.312 e. The first kappa shape index (κ1) is 19.9. The van der Waals surface area contributed by atoms with Crippen LogP contribution in [0, 0.1) is 10.8 Å². The van der Waals surface area contributed by atoms with Gasteiger partial charge >= 0.3 is 5.97 Å². The molecule has 0 fully saturated rings. The van der Waals surface area contributed by atoms with Gasteiger partial charge in [0.1, 0.15) is 13.2 Å². The minimum absolute atomic E-state index is 0.0412. The molecular weight excluding hydrogens is 274 g/mol. The van der Waals surface area contributed by atoms with E-state index < -0.39 is 5.41 Å². The number of methoxy groups -OCH3 is 1. The molecule has 0 aliphatic carbocycles. The smallest absolute Gasteiger partial charge is 0.312 e. The van der Waals surface area contributed by atoms with Crippen LogP contribution in [0.5, 0.6) is 0 Å². The molecule has 124 valence electrons. The van der Waals surface area contributed by atoms with E-state index in [9.17, 15) is 9.59 Å². The third kappa shape index (κ3) is 7.43. The first-order valence-corrected chi connectivity index (χ1v) is 7.13. The molecule has 0 unspecified atom stereocenters. The molecule has 0 heterocycles. The van der Waals surface area contributed by atoms with Crippen LogP contribution >= 0.6 is 0 Å². The Hall–Kier alpha value is -1.14. The zero-order valence-electron chi connectivity index (χ0n) is 14.1. The van der Waals surface area contributed by atoms with E-state index in [1.54, 1.807) is 0 Å². The second-order valence-electron chi connectivity index (χ2n) is 6.41. The van der Waals surface area contributed by atoms with E-state index in [0.717, 1.165) is 0 Å². The van der Waals surface area contributed by atoms with Gasteiger partial charge in [-0.1, -0.05) is 20.8 Å². The minimum atomic E-state index is -0.554. The van der Waals surface area contributed by atoms with Gasteiger partial charge in [0.15, 0.2) is 0 Å². The standard InChI is InChI=1S/C15H29NO5/c1-14(2,3)15(4,5)13(18)21-10-9-20-8-7-16-12(17)11-19-6/h7-11H2,1-6H3,(H,16,17). The van der Waals surface area contributed by atoms with E-state index in [2.05, 4.69) is 10.1 Å². The van der Waals surface area contributed by atoms with Crippen LogP contribution in [0.3, 0.4) is 0 Å². The number of ether oxygens (including phenoxy) is 3. The molecule has 6 nitrogen and oxygen atoms in total. The van der Waals surface area contributed by atoms with Gasteiger partial charge in [-0.25, -0.2) is 0 Å². The van der Waals surface area contributed by atoms with Crippen molar-refractivity contribution in [1.82, 2.24) is 5.32 Å². The molecule has 0 atom stereocenters. The fraction of sp³-hybridized carbons (Fsp3) is 0.867. The number of hydrogen-bond donors (Lipinski definition) is 1. The van der Waals surface area contributed by atoms with Gasteiger partial charge in [0.05, 0.1) is 18.6 Å². The number of nitrogens with one attached hydrogen (secondary N) is 1. The van der Waals surface area contributed by atoms with Crippen molar-refractivity contribution in [3.8, 4) is 0 Å². The summed E-state index contributed by atoms with van der Waals surface area (Å²) >= 11 is 0. The van der Waals surface area contributed by atoms with Gasteiger partial charge in [-0.05, 0) is 19.3 Å². The monoisotopic (exact) mass is 303 g/mol. The van der Waals surface area contributed by atoms with E-state index >= 15 is 0 Å². The molecule has 0 spiro atoms. The first-order chi connectivity index (χ1) is 9.63. The Morgan fingerprint density at radius 1 is 1.00 bits per heavy atom. The quantitative estimate of drug-likeness (QED) is 0.514. The van der Waals surface area contributed by atoms with Gasteiger partial charge in [-0.3, -0.25) is 9.59 Å². The van der Waals surface area contributed by atoms with Crippen molar-refractivity contribution >= 4 is 11.9 Å². The SMILES string of the molecule is COCC(=O)NCCOCCOC(=O)C(C)(C)C(C)(C)C. The van der Waals surface area contributed by atoms with Gasteiger partial charge < -0.3 is 19.5 Å². The summed E-state index contributed by atoms with van der Waals surface area (Å²) in [5.74, 6) is -0.411. The Morgan fingerprint density at radius 3 is 2.14 bits per heavy atom. The number of esters is 1. The lowest BCUT2D eigenvalue weighted by molar-refractivity contribution is -0.161. The molecule has 0 bridgehead atoms. The van der Waals surface area contributed by atoms with Crippen LogP contribution in [0.25, 0.3) is 0 Å². The van der Waals surface area contributed by atoms with E-state index in [1.165, 1.54) is 7.11 Å². The van der Waals surface area contributed by atoms with Gasteiger partial charge in [-0.15, -0.1) is 0 Å². The number of carbonyl (C=O) groups excluding carboxylic acids is 2. The Kier molecular flexibility index (Phi) is 8.51. The van der Waals surface area contributed by atoms with Crippen LogP contribution in [0.2, 0.25) is 0 Å². The molecule has 0 radical (unpaired) electrons. The zero-order valence-corrected chi connectivity index (χ0v) is 14.1. The summed E-state index contributed by atoms with van der Waals surface area (Å²) in [6.45, 7) is 11.1. The average Bonchev–Trinajstić information content (AvgIpc) is 2.36. The second-order valence-corrected chi connectivity index (χ2v) is 6.41. The molecular formula is C15H29NO5. The molecule has 21 heavy (non-hydrogen) atoms. The summed E-state index contributed by atoms with van der Waals surface area (Å²) in [5, 5.41) is 2.63. The number of rotatable bonds is 9. The van der Waals surface area contributed by atoms with Crippen molar-refractivity contribution < 1.29 is 23.8 Å². The molecule has 0 aromatic rings. The summed E-state index contributed by atoms with van der Waals surface area (Å²) in [6.07, 6.45) is 0. The lowest BCUT2D eigenvalue weighted by Crippen LogP contribution is -2.39. The maximum absolute atomic E-state index is 12.0. The molecule has 0 aliphatic rings. The van der Waals surface area contributed by atoms with Crippen LogP contribution in [0.4, 0.5) is 0 Å². The Morgan fingerprint density at radius 2 is 1.62 bits per heavy atom. The first-order valence-electron chi connectivity index (χ1n) is 7.13. The van der Waals surface area contributed by atoms with Crippen LogP contribution in [-0.2, 0) is 23.8 Å². The number of hydrogen-bond acceptors (Lipinski definition) is 5. The molecule has 6 heteroatoms. The van der Waals surface area contributed by atoms with E-state index in [4.69, 9.17) is 9.47 Å². The molecule has 0 aromatic heterocycles. The summed E-state index contributed by atoms with van der Waals surface area (Å²) in [5.41, 5.74) is -0.725. The number of amides is 1.